The zero-order valence-electron chi connectivity index (χ0n) is 11.7. The highest BCUT2D eigenvalue weighted by atomic mass is 16.4. The number of fused-ring (bicyclic) bond motifs is 1. The van der Waals surface area contributed by atoms with Crippen LogP contribution in [0.4, 0.5) is 11.4 Å². The van der Waals surface area contributed by atoms with Crippen molar-refractivity contribution >= 4 is 46.0 Å². The Hall–Kier alpha value is -3.82. The van der Waals surface area contributed by atoms with Gasteiger partial charge in [-0.05, 0) is 6.07 Å². The summed E-state index contributed by atoms with van der Waals surface area (Å²) in [5, 5.41) is 36.5. The van der Waals surface area contributed by atoms with Gasteiger partial charge in [0.05, 0.1) is 33.6 Å². The lowest BCUT2D eigenvalue weighted by molar-refractivity contribution is 0.0621. The topological polar surface area (TPSA) is 201 Å². The smallest absolute Gasteiger partial charge is 0.337 e. The van der Waals surface area contributed by atoms with Crippen LogP contribution in [0.5, 0.6) is 0 Å². The highest BCUT2D eigenvalue weighted by Crippen LogP contribution is 2.37. The largest absolute Gasteiger partial charge is 0.478 e. The first-order chi connectivity index (χ1) is 11.1. The third-order valence-electron chi connectivity index (χ3n) is 3.40. The van der Waals surface area contributed by atoms with Crippen LogP contribution in [0.25, 0.3) is 10.8 Å². The highest BCUT2D eigenvalue weighted by Gasteiger charge is 2.34. The van der Waals surface area contributed by atoms with Gasteiger partial charge in [0, 0.05) is 10.8 Å². The zero-order valence-corrected chi connectivity index (χ0v) is 11.7. The van der Waals surface area contributed by atoms with Crippen molar-refractivity contribution in [3.8, 4) is 0 Å². The number of carboxylic acid groups (broad SMARTS) is 4. The van der Waals surface area contributed by atoms with Gasteiger partial charge >= 0.3 is 23.9 Å². The summed E-state index contributed by atoms with van der Waals surface area (Å²) >= 11 is 0. The fraction of sp³-hybridized carbons (Fsp3) is 0. The van der Waals surface area contributed by atoms with Crippen molar-refractivity contribution in [2.24, 2.45) is 0 Å². The average Bonchev–Trinajstić information content (AvgIpc) is 2.47. The SMILES string of the molecule is Nc1ccc2c(C(=O)O)c(C(=O)O)c(C(=O)O)c(C(=O)O)c2c1N. The Labute approximate surface area is 132 Å². The number of benzene rings is 2. The van der Waals surface area contributed by atoms with Crippen molar-refractivity contribution in [3.63, 3.8) is 0 Å². The van der Waals surface area contributed by atoms with E-state index in [0.717, 1.165) is 6.07 Å². The van der Waals surface area contributed by atoms with E-state index in [1.54, 1.807) is 0 Å². The number of hydrogen-bond acceptors (Lipinski definition) is 6. The number of anilines is 2. The molecule has 124 valence electrons. The van der Waals surface area contributed by atoms with E-state index in [1.165, 1.54) is 6.07 Å². The maximum atomic E-state index is 11.6. The lowest BCUT2D eigenvalue weighted by Gasteiger charge is -2.16. The van der Waals surface area contributed by atoms with Crippen molar-refractivity contribution in [3.05, 3.63) is 34.4 Å². The van der Waals surface area contributed by atoms with Gasteiger partial charge in [-0.25, -0.2) is 19.2 Å². The quantitative estimate of drug-likeness (QED) is 0.434. The Kier molecular flexibility index (Phi) is 3.74. The fourth-order valence-corrected chi connectivity index (χ4v) is 2.49. The Bertz CT molecular complexity index is 948. The average molecular weight is 334 g/mol. The molecule has 10 heteroatoms. The molecule has 0 atom stereocenters. The van der Waals surface area contributed by atoms with E-state index < -0.39 is 51.5 Å². The molecule has 0 amide bonds. The van der Waals surface area contributed by atoms with Crippen LogP contribution in [0.2, 0.25) is 0 Å². The molecule has 0 saturated carbocycles. The summed E-state index contributed by atoms with van der Waals surface area (Å²) in [6.07, 6.45) is 0. The molecule has 24 heavy (non-hydrogen) atoms. The predicted molar refractivity (Wildman–Crippen MR) is 80.6 cm³/mol. The minimum atomic E-state index is -1.92. The minimum absolute atomic E-state index is 0.110. The van der Waals surface area contributed by atoms with Gasteiger partial charge in [-0.1, -0.05) is 6.07 Å². The van der Waals surface area contributed by atoms with E-state index in [2.05, 4.69) is 0 Å². The summed E-state index contributed by atoms with van der Waals surface area (Å²) < 4.78 is 0. The second kappa shape index (κ2) is 5.43. The van der Waals surface area contributed by atoms with Gasteiger partial charge in [-0.3, -0.25) is 0 Å². The molecule has 0 aliphatic carbocycles. The van der Waals surface area contributed by atoms with Crippen LogP contribution < -0.4 is 11.5 Å². The number of carboxylic acids is 4. The zero-order chi connectivity index (χ0) is 18.3. The van der Waals surface area contributed by atoms with Crippen LogP contribution >= 0.6 is 0 Å². The second-order valence-electron chi connectivity index (χ2n) is 4.71. The lowest BCUT2D eigenvalue weighted by atomic mass is 9.87. The Balaban J connectivity index is 3.36. The molecule has 8 N–H and O–H groups in total. The normalized spacial score (nSPS) is 10.5. The Morgan fingerprint density at radius 3 is 1.50 bits per heavy atom. The molecule has 0 aliphatic heterocycles. The van der Waals surface area contributed by atoms with Gasteiger partial charge in [0.2, 0.25) is 0 Å². The number of nitrogen functional groups attached to an aromatic ring is 2. The molecule has 2 rings (SSSR count). The van der Waals surface area contributed by atoms with Gasteiger partial charge in [-0.2, -0.15) is 0 Å². The summed E-state index contributed by atoms with van der Waals surface area (Å²) in [6.45, 7) is 0. The van der Waals surface area contributed by atoms with Crippen LogP contribution in [-0.2, 0) is 0 Å². The van der Waals surface area contributed by atoms with E-state index in [1.807, 2.05) is 0 Å². The first kappa shape index (κ1) is 16.5. The van der Waals surface area contributed by atoms with Crippen LogP contribution in [-0.4, -0.2) is 44.3 Å². The number of rotatable bonds is 4. The van der Waals surface area contributed by atoms with Crippen LogP contribution in [0.1, 0.15) is 41.4 Å². The lowest BCUT2D eigenvalue weighted by Crippen LogP contribution is -2.21. The molecule has 0 spiro atoms. The number of carbonyl (C=O) groups is 4. The first-order valence-corrected chi connectivity index (χ1v) is 6.20. The molecule has 10 nitrogen and oxygen atoms in total. The first-order valence-electron chi connectivity index (χ1n) is 6.20. The van der Waals surface area contributed by atoms with Crippen molar-refractivity contribution in [1.29, 1.82) is 0 Å². The predicted octanol–water partition coefficient (Wildman–Crippen LogP) is 0.797. The van der Waals surface area contributed by atoms with Gasteiger partial charge in [0.15, 0.2) is 0 Å². The van der Waals surface area contributed by atoms with Gasteiger partial charge in [0.25, 0.3) is 0 Å². The molecule has 0 aromatic heterocycles. The Morgan fingerprint density at radius 2 is 1.08 bits per heavy atom. The molecular formula is C14H10N2O8. The molecule has 0 saturated heterocycles. The van der Waals surface area contributed by atoms with Crippen molar-refractivity contribution in [1.82, 2.24) is 0 Å². The van der Waals surface area contributed by atoms with E-state index in [9.17, 15) is 39.6 Å². The fourth-order valence-electron chi connectivity index (χ4n) is 2.49. The summed E-state index contributed by atoms with van der Waals surface area (Å²) in [5.74, 6) is -7.35. The molecule has 0 radical (unpaired) electrons. The highest BCUT2D eigenvalue weighted by molar-refractivity contribution is 6.26. The number of aromatic carboxylic acids is 4. The standard InChI is InChI=1S/C14H10N2O8/c15-4-2-1-3-5(10(4)16)7(12(19)20)9(14(23)24)8(13(21)22)6(3)11(17)18/h1-2H,15-16H2,(H,17,18)(H,19,20)(H,21,22)(H,23,24). The maximum Gasteiger partial charge on any atom is 0.337 e. The second-order valence-corrected chi connectivity index (χ2v) is 4.71. The molecule has 0 bridgehead atoms. The summed E-state index contributed by atoms with van der Waals surface area (Å²) in [7, 11) is 0. The minimum Gasteiger partial charge on any atom is -0.478 e. The van der Waals surface area contributed by atoms with E-state index in [4.69, 9.17) is 11.5 Å². The summed E-state index contributed by atoms with van der Waals surface area (Å²) in [6, 6.07) is 2.25. The molecule has 0 heterocycles. The van der Waals surface area contributed by atoms with E-state index >= 15 is 0 Å². The van der Waals surface area contributed by atoms with Crippen LogP contribution in [0.15, 0.2) is 12.1 Å². The van der Waals surface area contributed by atoms with Crippen molar-refractivity contribution in [2.75, 3.05) is 11.5 Å². The maximum absolute atomic E-state index is 11.6. The van der Waals surface area contributed by atoms with Gasteiger partial charge < -0.3 is 31.9 Å². The van der Waals surface area contributed by atoms with Crippen LogP contribution in [0, 0.1) is 0 Å². The Morgan fingerprint density at radius 1 is 0.667 bits per heavy atom. The summed E-state index contributed by atoms with van der Waals surface area (Å²) in [5.41, 5.74) is 6.66. The molecule has 0 fully saturated rings. The van der Waals surface area contributed by atoms with Gasteiger partial charge in [-0.15, -0.1) is 0 Å². The third-order valence-corrected chi connectivity index (χ3v) is 3.40. The molecule has 2 aromatic rings. The summed E-state index contributed by atoms with van der Waals surface area (Å²) in [4.78, 5) is 46.0. The third kappa shape index (κ3) is 2.22. The van der Waals surface area contributed by atoms with Gasteiger partial charge in [0.1, 0.15) is 0 Å². The molecule has 0 aliphatic rings. The van der Waals surface area contributed by atoms with E-state index in [0.29, 0.717) is 0 Å². The van der Waals surface area contributed by atoms with Crippen molar-refractivity contribution in [2.45, 2.75) is 0 Å². The number of hydrogen-bond donors (Lipinski definition) is 6. The van der Waals surface area contributed by atoms with Crippen molar-refractivity contribution < 1.29 is 39.6 Å². The number of nitrogens with two attached hydrogens (primary N) is 2. The molecule has 2 aromatic carbocycles. The molecular weight excluding hydrogens is 324 g/mol. The molecule has 0 unspecified atom stereocenters. The monoisotopic (exact) mass is 334 g/mol. The van der Waals surface area contributed by atoms with Crippen LogP contribution in [0.3, 0.4) is 0 Å². The van der Waals surface area contributed by atoms with E-state index in [-0.39, 0.29) is 16.8 Å².